The van der Waals surface area contributed by atoms with Gasteiger partial charge in [-0.25, -0.2) is 9.97 Å². The molecular formula is C13H17N5O. The van der Waals surface area contributed by atoms with Crippen LogP contribution in [0.5, 0.6) is 5.88 Å². The number of pyridine rings is 1. The fourth-order valence-corrected chi connectivity index (χ4v) is 1.53. The Bertz CT molecular complexity index is 571. The summed E-state index contributed by atoms with van der Waals surface area (Å²) in [6.07, 6.45) is 1.41. The quantitative estimate of drug-likeness (QED) is 0.876. The van der Waals surface area contributed by atoms with Gasteiger partial charge in [0.2, 0.25) is 5.88 Å². The molecule has 0 saturated carbocycles. The van der Waals surface area contributed by atoms with Gasteiger partial charge in [0.25, 0.3) is 0 Å². The minimum atomic E-state index is 0.00199. The van der Waals surface area contributed by atoms with Gasteiger partial charge in [-0.2, -0.15) is 4.98 Å². The van der Waals surface area contributed by atoms with Crippen LogP contribution in [0.4, 0.5) is 17.3 Å². The van der Waals surface area contributed by atoms with Crippen molar-refractivity contribution in [2.75, 3.05) is 11.1 Å². The van der Waals surface area contributed by atoms with E-state index in [-0.39, 0.29) is 6.10 Å². The van der Waals surface area contributed by atoms with E-state index >= 15 is 0 Å². The normalized spacial score (nSPS) is 10.5. The number of nitrogens with two attached hydrogens (primary N) is 1. The maximum atomic E-state index is 5.98. The molecular weight excluding hydrogens is 242 g/mol. The third kappa shape index (κ3) is 3.31. The van der Waals surface area contributed by atoms with Crippen molar-refractivity contribution >= 4 is 17.3 Å². The highest BCUT2D eigenvalue weighted by Gasteiger charge is 2.11. The highest BCUT2D eigenvalue weighted by molar-refractivity contribution is 5.70. The van der Waals surface area contributed by atoms with E-state index in [0.29, 0.717) is 23.2 Å². The molecule has 3 N–H and O–H groups in total. The average Bonchev–Trinajstić information content (AvgIpc) is 2.34. The number of nitrogens with one attached hydrogen (secondary N) is 1. The molecule has 2 rings (SSSR count). The van der Waals surface area contributed by atoms with Crippen molar-refractivity contribution in [1.29, 1.82) is 0 Å². The largest absolute Gasteiger partial charge is 0.473 e. The van der Waals surface area contributed by atoms with E-state index in [4.69, 9.17) is 10.5 Å². The molecule has 0 saturated heterocycles. The predicted molar refractivity (Wildman–Crippen MR) is 74.5 cm³/mol. The topological polar surface area (TPSA) is 86.0 Å². The van der Waals surface area contributed by atoms with Gasteiger partial charge < -0.3 is 15.8 Å². The van der Waals surface area contributed by atoms with E-state index in [1.165, 1.54) is 6.33 Å². The number of nitrogen functional groups attached to an aromatic ring is 1. The van der Waals surface area contributed by atoms with Gasteiger partial charge in [0, 0.05) is 5.69 Å². The molecule has 2 heterocycles. The second kappa shape index (κ2) is 5.51. The number of hydrogen-bond donors (Lipinski definition) is 2. The van der Waals surface area contributed by atoms with Crippen molar-refractivity contribution in [3.63, 3.8) is 0 Å². The van der Waals surface area contributed by atoms with Gasteiger partial charge in [-0.05, 0) is 32.9 Å². The Morgan fingerprint density at radius 3 is 2.74 bits per heavy atom. The molecule has 6 heteroatoms. The van der Waals surface area contributed by atoms with Crippen molar-refractivity contribution in [3.05, 3.63) is 30.2 Å². The highest BCUT2D eigenvalue weighted by atomic mass is 16.5. The molecule has 0 aliphatic carbocycles. The van der Waals surface area contributed by atoms with Gasteiger partial charge >= 0.3 is 0 Å². The van der Waals surface area contributed by atoms with Crippen LogP contribution in [-0.2, 0) is 0 Å². The summed E-state index contributed by atoms with van der Waals surface area (Å²) in [5.41, 5.74) is 7.26. The molecule has 19 heavy (non-hydrogen) atoms. The molecule has 0 spiro atoms. The van der Waals surface area contributed by atoms with Crippen LogP contribution in [0.3, 0.4) is 0 Å². The molecule has 2 aromatic rings. The molecule has 0 unspecified atom stereocenters. The Morgan fingerprint density at radius 1 is 1.26 bits per heavy atom. The minimum Gasteiger partial charge on any atom is -0.473 e. The highest BCUT2D eigenvalue weighted by Crippen LogP contribution is 2.27. The number of hydrogen-bond acceptors (Lipinski definition) is 6. The molecule has 0 aromatic carbocycles. The number of nitrogens with zero attached hydrogens (tertiary/aromatic N) is 3. The van der Waals surface area contributed by atoms with Gasteiger partial charge in [0.1, 0.15) is 17.8 Å². The third-order valence-corrected chi connectivity index (χ3v) is 2.33. The minimum absolute atomic E-state index is 0.00199. The van der Waals surface area contributed by atoms with Crippen molar-refractivity contribution in [3.8, 4) is 5.88 Å². The lowest BCUT2D eigenvalue weighted by atomic mass is 10.3. The van der Waals surface area contributed by atoms with Gasteiger partial charge in [-0.3, -0.25) is 0 Å². The predicted octanol–water partition coefficient (Wildman–Crippen LogP) is 2.29. The molecule has 0 radical (unpaired) electrons. The fraction of sp³-hybridized carbons (Fsp3) is 0.308. The van der Waals surface area contributed by atoms with Crippen LogP contribution >= 0.6 is 0 Å². The standard InChI is InChI=1S/C13H17N5O/c1-8(2)19-13-11(14)12(15-7-16-13)18-10-6-4-5-9(3)17-10/h4-8H,14H2,1-3H3,(H,15,16,17,18). The Hall–Kier alpha value is -2.37. The van der Waals surface area contributed by atoms with Crippen LogP contribution in [0.15, 0.2) is 24.5 Å². The number of ether oxygens (including phenoxy) is 1. The molecule has 0 aliphatic heterocycles. The van der Waals surface area contributed by atoms with Crippen LogP contribution in [0.2, 0.25) is 0 Å². The molecule has 6 nitrogen and oxygen atoms in total. The van der Waals surface area contributed by atoms with E-state index in [2.05, 4.69) is 20.3 Å². The van der Waals surface area contributed by atoms with Crippen molar-refractivity contribution in [2.45, 2.75) is 26.9 Å². The van der Waals surface area contributed by atoms with Crippen molar-refractivity contribution < 1.29 is 4.74 Å². The van der Waals surface area contributed by atoms with Crippen LogP contribution in [0.1, 0.15) is 19.5 Å². The Kier molecular flexibility index (Phi) is 3.79. The van der Waals surface area contributed by atoms with Gasteiger partial charge in [0.05, 0.1) is 6.10 Å². The summed E-state index contributed by atoms with van der Waals surface area (Å²) in [6, 6.07) is 5.67. The average molecular weight is 259 g/mol. The molecule has 2 aromatic heterocycles. The number of aryl methyl sites for hydroxylation is 1. The van der Waals surface area contributed by atoms with Gasteiger partial charge in [-0.15, -0.1) is 0 Å². The van der Waals surface area contributed by atoms with Crippen LogP contribution in [-0.4, -0.2) is 21.1 Å². The first kappa shape index (κ1) is 13.1. The van der Waals surface area contributed by atoms with E-state index in [1.54, 1.807) is 0 Å². The summed E-state index contributed by atoms with van der Waals surface area (Å²) in [7, 11) is 0. The van der Waals surface area contributed by atoms with E-state index < -0.39 is 0 Å². The SMILES string of the molecule is Cc1cccc(Nc2ncnc(OC(C)C)c2N)n1. The number of aromatic nitrogens is 3. The molecule has 0 amide bonds. The van der Waals surface area contributed by atoms with E-state index in [1.807, 2.05) is 39.0 Å². The van der Waals surface area contributed by atoms with Gasteiger partial charge in [-0.1, -0.05) is 6.07 Å². The van der Waals surface area contributed by atoms with Gasteiger partial charge in [0.15, 0.2) is 5.82 Å². The van der Waals surface area contributed by atoms with E-state index in [0.717, 1.165) is 5.69 Å². The van der Waals surface area contributed by atoms with Crippen molar-refractivity contribution in [1.82, 2.24) is 15.0 Å². The smallest absolute Gasteiger partial charge is 0.242 e. The molecule has 0 bridgehead atoms. The molecule has 0 fully saturated rings. The maximum Gasteiger partial charge on any atom is 0.242 e. The van der Waals surface area contributed by atoms with Crippen LogP contribution < -0.4 is 15.8 Å². The first-order valence-corrected chi connectivity index (χ1v) is 6.04. The zero-order valence-electron chi connectivity index (χ0n) is 11.2. The Labute approximate surface area is 112 Å². The Morgan fingerprint density at radius 2 is 2.05 bits per heavy atom. The summed E-state index contributed by atoms with van der Waals surface area (Å²) < 4.78 is 5.51. The third-order valence-electron chi connectivity index (χ3n) is 2.33. The first-order chi connectivity index (χ1) is 9.06. The second-order valence-electron chi connectivity index (χ2n) is 4.40. The summed E-state index contributed by atoms with van der Waals surface area (Å²) >= 11 is 0. The van der Waals surface area contributed by atoms with Crippen LogP contribution in [0, 0.1) is 6.92 Å². The summed E-state index contributed by atoms with van der Waals surface area (Å²) in [6.45, 7) is 5.75. The molecule has 100 valence electrons. The number of anilines is 3. The lowest BCUT2D eigenvalue weighted by molar-refractivity contribution is 0.234. The lowest BCUT2D eigenvalue weighted by Crippen LogP contribution is -2.11. The van der Waals surface area contributed by atoms with Crippen LogP contribution in [0.25, 0.3) is 0 Å². The first-order valence-electron chi connectivity index (χ1n) is 6.04. The summed E-state index contributed by atoms with van der Waals surface area (Å²) in [5, 5.41) is 3.06. The monoisotopic (exact) mass is 259 g/mol. The van der Waals surface area contributed by atoms with E-state index in [9.17, 15) is 0 Å². The zero-order chi connectivity index (χ0) is 13.8. The molecule has 0 atom stereocenters. The summed E-state index contributed by atoms with van der Waals surface area (Å²) in [5.74, 6) is 1.55. The molecule has 0 aliphatic rings. The zero-order valence-corrected chi connectivity index (χ0v) is 11.2. The number of rotatable bonds is 4. The maximum absolute atomic E-state index is 5.98. The lowest BCUT2D eigenvalue weighted by Gasteiger charge is -2.13. The van der Waals surface area contributed by atoms with Crippen molar-refractivity contribution in [2.24, 2.45) is 0 Å². The Balaban J connectivity index is 2.25. The summed E-state index contributed by atoms with van der Waals surface area (Å²) in [4.78, 5) is 12.5. The second-order valence-corrected chi connectivity index (χ2v) is 4.40. The fourth-order valence-electron chi connectivity index (χ4n) is 1.53.